The fourth-order valence-electron chi connectivity index (χ4n) is 9.80. The third-order valence-electron chi connectivity index (χ3n) is 11.9. The molecule has 0 spiro atoms. The van der Waals surface area contributed by atoms with Crippen LogP contribution in [0, 0.1) is 0 Å². The monoisotopic (exact) mass is 646 g/mol. The van der Waals surface area contributed by atoms with Crippen LogP contribution in [-0.2, 0) is 0 Å². The van der Waals surface area contributed by atoms with Gasteiger partial charge in [0.15, 0.2) is 0 Å². The van der Waals surface area contributed by atoms with Gasteiger partial charge in [-0.15, -0.1) is 0 Å². The predicted octanol–water partition coefficient (Wildman–Crippen LogP) is 12.7. The van der Waals surface area contributed by atoms with Crippen molar-refractivity contribution in [2.75, 3.05) is 0 Å². The van der Waals surface area contributed by atoms with Gasteiger partial charge < -0.3 is 0 Å². The standard InChI is InChI=1S/C49H30N2/c1-5-17-32-28(11-1)15-9-21-36(32)48-44-40-27-41(42(44)38-25-23-30-13-3-7-19-34(30)46(38)50-48)45-43(40)39-26-24-31-14-4-8-20-35(31)47(39)51-49(45)37-22-10-16-29-12-2-6-18-33(29)37/h1-26,40-41H,27H2. The zero-order valence-electron chi connectivity index (χ0n) is 27.8. The van der Waals surface area contributed by atoms with Crippen molar-refractivity contribution in [1.29, 1.82) is 0 Å². The van der Waals surface area contributed by atoms with Crippen LogP contribution in [-0.4, -0.2) is 9.97 Å². The van der Waals surface area contributed by atoms with Crippen LogP contribution in [0.25, 0.3) is 87.4 Å². The second kappa shape index (κ2) is 10.1. The van der Waals surface area contributed by atoms with Gasteiger partial charge in [-0.2, -0.15) is 0 Å². The molecule has 0 saturated carbocycles. The summed E-state index contributed by atoms with van der Waals surface area (Å²) in [5.74, 6) is 0.412. The lowest BCUT2D eigenvalue weighted by molar-refractivity contribution is 0.799. The van der Waals surface area contributed by atoms with Crippen LogP contribution < -0.4 is 0 Å². The molecular weight excluding hydrogens is 617 g/mol. The number of pyridine rings is 2. The quantitative estimate of drug-likeness (QED) is 0.175. The van der Waals surface area contributed by atoms with Gasteiger partial charge in [-0.05, 0) is 61.0 Å². The smallest absolute Gasteiger partial charge is 0.0791 e. The lowest BCUT2D eigenvalue weighted by atomic mass is 9.78. The van der Waals surface area contributed by atoms with Crippen LogP contribution in [0.2, 0.25) is 0 Å². The molecule has 2 bridgehead atoms. The first-order chi connectivity index (χ1) is 25.3. The SMILES string of the molecule is c1ccc2c(-c3nc4c(ccc5ccccc54)c4c3C3CC4c4c(-c5cccc6ccccc56)nc5c(ccc6ccccc65)c43)cccc2c1. The van der Waals surface area contributed by atoms with E-state index >= 15 is 0 Å². The number of nitrogens with zero attached hydrogens (tertiary/aromatic N) is 2. The van der Waals surface area contributed by atoms with Crippen LogP contribution in [0.15, 0.2) is 158 Å². The van der Waals surface area contributed by atoms with Crippen molar-refractivity contribution in [1.82, 2.24) is 9.97 Å². The molecule has 2 aliphatic rings. The average Bonchev–Trinajstić information content (AvgIpc) is 3.78. The van der Waals surface area contributed by atoms with Crippen LogP contribution in [0.1, 0.15) is 40.5 Å². The Bertz CT molecular complexity index is 2910. The lowest BCUT2D eigenvalue weighted by Gasteiger charge is -2.27. The molecule has 10 aromatic rings. The first kappa shape index (κ1) is 27.4. The van der Waals surface area contributed by atoms with E-state index in [0.29, 0.717) is 0 Å². The van der Waals surface area contributed by atoms with Crippen LogP contribution in [0.3, 0.4) is 0 Å². The molecule has 0 radical (unpaired) electrons. The highest BCUT2D eigenvalue weighted by Crippen LogP contribution is 2.63. The van der Waals surface area contributed by atoms with Crippen molar-refractivity contribution in [2.45, 2.75) is 18.3 Å². The van der Waals surface area contributed by atoms with E-state index in [2.05, 4.69) is 158 Å². The minimum absolute atomic E-state index is 0.206. The van der Waals surface area contributed by atoms with E-state index in [9.17, 15) is 0 Å². The topological polar surface area (TPSA) is 25.8 Å². The second-order valence-electron chi connectivity index (χ2n) is 14.3. The Hall–Kier alpha value is -6.38. The maximum absolute atomic E-state index is 5.72. The molecular formula is C49H30N2. The van der Waals surface area contributed by atoms with E-state index < -0.39 is 0 Å². The maximum Gasteiger partial charge on any atom is 0.0791 e. The van der Waals surface area contributed by atoms with Crippen molar-refractivity contribution >= 4 is 64.9 Å². The van der Waals surface area contributed by atoms with Gasteiger partial charge in [0.25, 0.3) is 0 Å². The molecule has 236 valence electrons. The molecule has 2 atom stereocenters. The summed E-state index contributed by atoms with van der Waals surface area (Å²) >= 11 is 0. The number of benzene rings is 8. The summed E-state index contributed by atoms with van der Waals surface area (Å²) in [6, 6.07) is 57.7. The minimum Gasteiger partial charge on any atom is -0.247 e. The molecule has 2 heterocycles. The summed E-state index contributed by atoms with van der Waals surface area (Å²) in [7, 11) is 0. The van der Waals surface area contributed by atoms with Crippen molar-refractivity contribution in [3.63, 3.8) is 0 Å². The predicted molar refractivity (Wildman–Crippen MR) is 213 cm³/mol. The number of hydrogen-bond donors (Lipinski definition) is 0. The molecule has 2 aromatic heterocycles. The summed E-state index contributed by atoms with van der Waals surface area (Å²) in [5, 5.41) is 12.4. The molecule has 2 aliphatic carbocycles. The maximum atomic E-state index is 5.72. The van der Waals surface area contributed by atoms with E-state index in [1.807, 2.05) is 0 Å². The fourth-order valence-corrected chi connectivity index (χ4v) is 9.80. The van der Waals surface area contributed by atoms with Crippen LogP contribution >= 0.6 is 0 Å². The summed E-state index contributed by atoms with van der Waals surface area (Å²) in [4.78, 5) is 11.4. The minimum atomic E-state index is 0.206. The van der Waals surface area contributed by atoms with Gasteiger partial charge in [0.1, 0.15) is 0 Å². The van der Waals surface area contributed by atoms with Crippen LogP contribution in [0.4, 0.5) is 0 Å². The van der Waals surface area contributed by atoms with Gasteiger partial charge in [-0.25, -0.2) is 9.97 Å². The summed E-state index contributed by atoms with van der Waals surface area (Å²) in [5.41, 5.74) is 12.5. The lowest BCUT2D eigenvalue weighted by Crippen LogP contribution is -2.11. The molecule has 2 heteroatoms. The fraction of sp³-hybridized carbons (Fsp3) is 0.0612. The average molecular weight is 647 g/mol. The molecule has 2 nitrogen and oxygen atoms in total. The molecule has 51 heavy (non-hydrogen) atoms. The zero-order chi connectivity index (χ0) is 33.2. The van der Waals surface area contributed by atoms with Gasteiger partial charge in [0.05, 0.1) is 22.4 Å². The Kier molecular flexibility index (Phi) is 5.43. The van der Waals surface area contributed by atoms with E-state index in [1.165, 1.54) is 87.2 Å². The van der Waals surface area contributed by atoms with E-state index in [4.69, 9.17) is 9.97 Å². The van der Waals surface area contributed by atoms with E-state index in [0.717, 1.165) is 28.8 Å². The first-order valence-electron chi connectivity index (χ1n) is 18.0. The summed E-state index contributed by atoms with van der Waals surface area (Å²) in [6.07, 6.45) is 1.03. The Morgan fingerprint density at radius 2 is 0.686 bits per heavy atom. The van der Waals surface area contributed by atoms with Gasteiger partial charge in [0.2, 0.25) is 0 Å². The van der Waals surface area contributed by atoms with Crippen molar-refractivity contribution in [3.05, 3.63) is 180 Å². The van der Waals surface area contributed by atoms with Gasteiger partial charge >= 0.3 is 0 Å². The van der Waals surface area contributed by atoms with Crippen molar-refractivity contribution in [3.8, 4) is 22.5 Å². The normalized spacial score (nSPS) is 16.2. The van der Waals surface area contributed by atoms with Gasteiger partial charge in [-0.1, -0.05) is 158 Å². The number of fused-ring (bicyclic) bond motifs is 18. The summed E-state index contributed by atoms with van der Waals surface area (Å²) in [6.45, 7) is 0. The molecule has 0 fully saturated rings. The van der Waals surface area contributed by atoms with Gasteiger partial charge in [-0.3, -0.25) is 0 Å². The Morgan fingerprint density at radius 1 is 0.314 bits per heavy atom. The molecule has 0 aliphatic heterocycles. The molecule has 0 saturated heterocycles. The Morgan fingerprint density at radius 3 is 1.14 bits per heavy atom. The number of rotatable bonds is 2. The Labute approximate surface area is 294 Å². The third kappa shape index (κ3) is 3.66. The molecule has 0 N–H and O–H groups in total. The van der Waals surface area contributed by atoms with Crippen molar-refractivity contribution < 1.29 is 0 Å². The number of aromatic nitrogens is 2. The largest absolute Gasteiger partial charge is 0.247 e. The van der Waals surface area contributed by atoms with Crippen molar-refractivity contribution in [2.24, 2.45) is 0 Å². The van der Waals surface area contributed by atoms with E-state index in [1.54, 1.807) is 0 Å². The van der Waals surface area contributed by atoms with Gasteiger partial charge in [0, 0.05) is 44.5 Å². The highest BCUT2D eigenvalue weighted by molar-refractivity contribution is 6.13. The molecule has 0 amide bonds. The highest BCUT2D eigenvalue weighted by Gasteiger charge is 2.47. The zero-order valence-corrected chi connectivity index (χ0v) is 27.8. The molecule has 2 unspecified atom stereocenters. The first-order valence-corrected chi connectivity index (χ1v) is 18.0. The third-order valence-corrected chi connectivity index (χ3v) is 11.9. The number of hydrogen-bond acceptors (Lipinski definition) is 2. The highest BCUT2D eigenvalue weighted by atomic mass is 14.8. The Balaban J connectivity index is 1.25. The van der Waals surface area contributed by atoms with E-state index in [-0.39, 0.29) is 11.8 Å². The summed E-state index contributed by atoms with van der Waals surface area (Å²) < 4.78 is 0. The van der Waals surface area contributed by atoms with Crippen LogP contribution in [0.5, 0.6) is 0 Å². The second-order valence-corrected chi connectivity index (χ2v) is 14.3. The molecule has 8 aromatic carbocycles. The molecule has 12 rings (SSSR count).